The Morgan fingerprint density at radius 2 is 2.33 bits per heavy atom. The van der Waals surface area contributed by atoms with Gasteiger partial charge >= 0.3 is 0 Å². The normalized spacial score (nSPS) is 15.8. The predicted molar refractivity (Wildman–Crippen MR) is 58.4 cm³/mol. The van der Waals surface area contributed by atoms with Crippen LogP contribution in [0.25, 0.3) is 0 Å². The topological polar surface area (TPSA) is 59.2 Å². The molecule has 1 amide bonds. The Labute approximate surface area is 89.1 Å². The molecule has 0 radical (unpaired) electrons. The van der Waals surface area contributed by atoms with Crippen molar-refractivity contribution >= 4 is 11.6 Å². The van der Waals surface area contributed by atoms with Crippen molar-refractivity contribution < 1.29 is 4.79 Å². The second kappa shape index (κ2) is 3.88. The molecular weight excluding hydrogens is 190 g/mol. The van der Waals surface area contributed by atoms with Crippen molar-refractivity contribution in [2.24, 2.45) is 0 Å². The summed E-state index contributed by atoms with van der Waals surface area (Å²) in [7, 11) is 1.83. The molecule has 1 aliphatic carbocycles. The van der Waals surface area contributed by atoms with E-state index >= 15 is 0 Å². The van der Waals surface area contributed by atoms with Gasteiger partial charge in [0.15, 0.2) is 0 Å². The molecule has 2 rings (SSSR count). The molecule has 0 aliphatic heterocycles. The Morgan fingerprint density at radius 3 is 2.87 bits per heavy atom. The molecule has 1 fully saturated rings. The molecule has 4 nitrogen and oxygen atoms in total. The van der Waals surface area contributed by atoms with Crippen molar-refractivity contribution in [1.82, 2.24) is 9.88 Å². The number of nitrogen functional groups attached to an aromatic ring is 1. The van der Waals surface area contributed by atoms with Crippen LogP contribution in [0.4, 0.5) is 5.69 Å². The first kappa shape index (κ1) is 9.96. The second-order valence-corrected chi connectivity index (χ2v) is 3.96. The van der Waals surface area contributed by atoms with Crippen LogP contribution in [-0.4, -0.2) is 28.9 Å². The number of nitrogens with zero attached hydrogens (tertiary/aromatic N) is 2. The minimum atomic E-state index is -0.0229. The zero-order valence-electron chi connectivity index (χ0n) is 8.81. The third kappa shape index (κ3) is 1.79. The molecule has 0 atom stereocenters. The molecule has 80 valence electrons. The van der Waals surface area contributed by atoms with Crippen LogP contribution in [0.15, 0.2) is 18.5 Å². The third-order valence-corrected chi connectivity index (χ3v) is 3.03. The summed E-state index contributed by atoms with van der Waals surface area (Å²) in [5.74, 6) is -0.0229. The smallest absolute Gasteiger partial charge is 0.257 e. The van der Waals surface area contributed by atoms with Gasteiger partial charge in [0.25, 0.3) is 5.91 Å². The Morgan fingerprint density at radius 1 is 1.60 bits per heavy atom. The van der Waals surface area contributed by atoms with Gasteiger partial charge in [0.1, 0.15) is 0 Å². The molecule has 15 heavy (non-hydrogen) atoms. The number of nitrogens with two attached hydrogens (primary N) is 1. The van der Waals surface area contributed by atoms with E-state index in [0.717, 1.165) is 12.8 Å². The van der Waals surface area contributed by atoms with Crippen molar-refractivity contribution in [2.75, 3.05) is 12.8 Å². The van der Waals surface area contributed by atoms with E-state index in [-0.39, 0.29) is 5.91 Å². The van der Waals surface area contributed by atoms with Gasteiger partial charge in [-0.3, -0.25) is 9.78 Å². The van der Waals surface area contributed by atoms with Crippen LogP contribution in [0.5, 0.6) is 0 Å². The zero-order valence-corrected chi connectivity index (χ0v) is 8.81. The number of anilines is 1. The Bertz CT molecular complexity index is 374. The highest BCUT2D eigenvalue weighted by Gasteiger charge is 2.27. The quantitative estimate of drug-likeness (QED) is 0.791. The van der Waals surface area contributed by atoms with E-state index in [9.17, 15) is 4.79 Å². The lowest BCUT2D eigenvalue weighted by atomic mass is 9.91. The fourth-order valence-electron chi connectivity index (χ4n) is 1.71. The molecule has 1 aromatic heterocycles. The maximum atomic E-state index is 12.0. The van der Waals surface area contributed by atoms with E-state index in [1.165, 1.54) is 12.6 Å². The number of hydrogen-bond donors (Lipinski definition) is 1. The van der Waals surface area contributed by atoms with E-state index in [1.54, 1.807) is 17.2 Å². The summed E-state index contributed by atoms with van der Waals surface area (Å²) in [5, 5.41) is 0. The Hall–Kier alpha value is -1.58. The molecule has 0 unspecified atom stereocenters. The van der Waals surface area contributed by atoms with Crippen LogP contribution >= 0.6 is 0 Å². The summed E-state index contributed by atoms with van der Waals surface area (Å²) >= 11 is 0. The molecule has 0 saturated heterocycles. The average Bonchev–Trinajstić information content (AvgIpc) is 2.15. The van der Waals surface area contributed by atoms with Crippen molar-refractivity contribution in [3.8, 4) is 0 Å². The third-order valence-electron chi connectivity index (χ3n) is 3.03. The van der Waals surface area contributed by atoms with Gasteiger partial charge in [0.05, 0.1) is 5.56 Å². The summed E-state index contributed by atoms with van der Waals surface area (Å²) in [4.78, 5) is 17.7. The minimum Gasteiger partial charge on any atom is -0.398 e. The standard InChI is InChI=1S/C11H15N3O/c1-14(8-3-2-4-8)11(15)9-7-13-6-5-10(9)12/h5-8H,2-4H2,1H3,(H2,12,13). The molecule has 0 bridgehead atoms. The summed E-state index contributed by atoms with van der Waals surface area (Å²) < 4.78 is 0. The van der Waals surface area contributed by atoms with E-state index in [1.807, 2.05) is 7.05 Å². The van der Waals surface area contributed by atoms with Crippen LogP contribution in [0, 0.1) is 0 Å². The largest absolute Gasteiger partial charge is 0.398 e. The maximum absolute atomic E-state index is 12.0. The first-order valence-electron chi connectivity index (χ1n) is 5.17. The van der Waals surface area contributed by atoms with Crippen LogP contribution in [0.2, 0.25) is 0 Å². The molecule has 1 aromatic rings. The Balaban J connectivity index is 2.16. The van der Waals surface area contributed by atoms with Gasteiger partial charge in [-0.1, -0.05) is 0 Å². The number of carbonyl (C=O) groups excluding carboxylic acids is 1. The molecule has 1 aliphatic rings. The van der Waals surface area contributed by atoms with Crippen LogP contribution in [0.1, 0.15) is 29.6 Å². The summed E-state index contributed by atoms with van der Waals surface area (Å²) in [6.07, 6.45) is 6.54. The number of hydrogen-bond acceptors (Lipinski definition) is 3. The molecule has 1 heterocycles. The fraction of sp³-hybridized carbons (Fsp3) is 0.455. The molecule has 4 heteroatoms. The highest BCUT2D eigenvalue weighted by Crippen LogP contribution is 2.25. The lowest BCUT2D eigenvalue weighted by Gasteiger charge is -2.34. The highest BCUT2D eigenvalue weighted by atomic mass is 16.2. The molecule has 2 N–H and O–H groups in total. The SMILES string of the molecule is CN(C(=O)c1cnccc1N)C1CCC1. The van der Waals surface area contributed by atoms with E-state index in [4.69, 9.17) is 5.73 Å². The summed E-state index contributed by atoms with van der Waals surface area (Å²) in [6, 6.07) is 2.04. The summed E-state index contributed by atoms with van der Waals surface area (Å²) in [5.41, 5.74) is 6.74. The zero-order chi connectivity index (χ0) is 10.8. The van der Waals surface area contributed by atoms with Gasteiger partial charge in [-0.15, -0.1) is 0 Å². The second-order valence-electron chi connectivity index (χ2n) is 3.96. The predicted octanol–water partition coefficient (Wildman–Crippen LogP) is 1.29. The number of amides is 1. The van der Waals surface area contributed by atoms with Crippen LogP contribution in [-0.2, 0) is 0 Å². The van der Waals surface area contributed by atoms with Crippen molar-refractivity contribution in [2.45, 2.75) is 25.3 Å². The lowest BCUT2D eigenvalue weighted by Crippen LogP contribution is -2.41. The first-order valence-corrected chi connectivity index (χ1v) is 5.17. The average molecular weight is 205 g/mol. The minimum absolute atomic E-state index is 0.0229. The van der Waals surface area contributed by atoms with Crippen LogP contribution < -0.4 is 5.73 Å². The van der Waals surface area contributed by atoms with Gasteiger partial charge < -0.3 is 10.6 Å². The number of pyridine rings is 1. The fourth-order valence-corrected chi connectivity index (χ4v) is 1.71. The Kier molecular flexibility index (Phi) is 2.58. The van der Waals surface area contributed by atoms with Crippen LogP contribution in [0.3, 0.4) is 0 Å². The number of carbonyl (C=O) groups is 1. The molecule has 0 aromatic carbocycles. The number of aromatic nitrogens is 1. The van der Waals surface area contributed by atoms with Crippen molar-refractivity contribution in [3.05, 3.63) is 24.0 Å². The van der Waals surface area contributed by atoms with E-state index in [2.05, 4.69) is 4.98 Å². The number of rotatable bonds is 2. The van der Waals surface area contributed by atoms with E-state index < -0.39 is 0 Å². The molecule has 0 spiro atoms. The van der Waals surface area contributed by atoms with Gasteiger partial charge in [-0.2, -0.15) is 0 Å². The van der Waals surface area contributed by atoms with Gasteiger partial charge in [-0.25, -0.2) is 0 Å². The highest BCUT2D eigenvalue weighted by molar-refractivity contribution is 5.98. The monoisotopic (exact) mass is 205 g/mol. The molecular formula is C11H15N3O. The molecule has 1 saturated carbocycles. The van der Waals surface area contributed by atoms with E-state index in [0.29, 0.717) is 17.3 Å². The first-order chi connectivity index (χ1) is 7.20. The lowest BCUT2D eigenvalue weighted by molar-refractivity contribution is 0.0652. The van der Waals surface area contributed by atoms with Gasteiger partial charge in [-0.05, 0) is 25.3 Å². The van der Waals surface area contributed by atoms with Crippen molar-refractivity contribution in [1.29, 1.82) is 0 Å². The van der Waals surface area contributed by atoms with Gasteiger partial charge in [0.2, 0.25) is 0 Å². The maximum Gasteiger partial charge on any atom is 0.257 e. The summed E-state index contributed by atoms with van der Waals surface area (Å²) in [6.45, 7) is 0. The van der Waals surface area contributed by atoms with Crippen molar-refractivity contribution in [3.63, 3.8) is 0 Å². The van der Waals surface area contributed by atoms with Gasteiger partial charge in [0, 0.05) is 31.2 Å².